The summed E-state index contributed by atoms with van der Waals surface area (Å²) in [6.07, 6.45) is 0. The van der Waals surface area contributed by atoms with Gasteiger partial charge < -0.3 is 0 Å². The highest BCUT2D eigenvalue weighted by molar-refractivity contribution is 7.22. The molecule has 0 unspecified atom stereocenters. The first-order chi connectivity index (χ1) is 10.8. The van der Waals surface area contributed by atoms with E-state index in [-0.39, 0.29) is 5.91 Å². The topological polar surface area (TPSA) is 54.9 Å². The summed E-state index contributed by atoms with van der Waals surface area (Å²) in [4.78, 5) is 22.1. The number of hydrogen-bond donors (Lipinski definition) is 1. The summed E-state index contributed by atoms with van der Waals surface area (Å²) in [6, 6.07) is 11.8. The number of aromatic nitrogens is 2. The third kappa shape index (κ3) is 2.54. The molecule has 4 nitrogen and oxygen atoms in total. The Labute approximate surface area is 138 Å². The van der Waals surface area contributed by atoms with Gasteiger partial charge in [0.2, 0.25) is 0 Å². The van der Waals surface area contributed by atoms with Crippen LogP contribution in [0.3, 0.4) is 0 Å². The summed E-state index contributed by atoms with van der Waals surface area (Å²) in [5.74, 6) is -0.224. The van der Waals surface area contributed by atoms with Gasteiger partial charge in [0.1, 0.15) is 10.7 Å². The number of nitrogens with zero attached hydrogens (tertiary/aromatic N) is 2. The third-order valence-electron chi connectivity index (χ3n) is 2.98. The number of nitrogens with one attached hydrogen (secondary N) is 1. The first kappa shape index (κ1) is 13.6. The summed E-state index contributed by atoms with van der Waals surface area (Å²) in [7, 11) is 0. The van der Waals surface area contributed by atoms with Crippen LogP contribution in [-0.4, -0.2) is 15.9 Å². The molecular formula is C15H9N3OS3. The predicted molar refractivity (Wildman–Crippen MR) is 93.0 cm³/mol. The Morgan fingerprint density at radius 2 is 1.95 bits per heavy atom. The van der Waals surface area contributed by atoms with Crippen molar-refractivity contribution < 1.29 is 4.79 Å². The largest absolute Gasteiger partial charge is 0.296 e. The van der Waals surface area contributed by atoms with E-state index >= 15 is 0 Å². The highest BCUT2D eigenvalue weighted by Gasteiger charge is 2.14. The Balaban J connectivity index is 1.57. The van der Waals surface area contributed by atoms with E-state index in [2.05, 4.69) is 15.3 Å². The fourth-order valence-corrected chi connectivity index (χ4v) is 4.45. The molecule has 3 heterocycles. The van der Waals surface area contributed by atoms with E-state index in [4.69, 9.17) is 0 Å². The van der Waals surface area contributed by atoms with E-state index < -0.39 is 0 Å². The first-order valence-electron chi connectivity index (χ1n) is 6.46. The molecule has 4 rings (SSSR count). The molecule has 1 aromatic carbocycles. The number of thiophene rings is 1. The van der Waals surface area contributed by atoms with Gasteiger partial charge in [-0.3, -0.25) is 10.1 Å². The minimum atomic E-state index is -0.224. The number of benzene rings is 1. The van der Waals surface area contributed by atoms with Crippen LogP contribution in [0.15, 0.2) is 47.2 Å². The maximum absolute atomic E-state index is 12.3. The standard InChI is InChI=1S/C15H9N3OS3/c19-13(10-8-21-14(16-10)12-6-3-7-20-12)18-15-17-9-4-1-2-5-11(9)22-15/h1-8H,(H,17,18,19). The molecule has 0 bridgehead atoms. The lowest BCUT2D eigenvalue weighted by Crippen LogP contribution is -2.11. The van der Waals surface area contributed by atoms with Gasteiger partial charge in [-0.15, -0.1) is 22.7 Å². The number of carbonyl (C=O) groups excluding carboxylic acids is 1. The smallest absolute Gasteiger partial charge is 0.276 e. The number of rotatable bonds is 3. The molecule has 108 valence electrons. The van der Waals surface area contributed by atoms with Crippen molar-refractivity contribution in [2.75, 3.05) is 5.32 Å². The van der Waals surface area contributed by atoms with Crippen molar-refractivity contribution in [2.24, 2.45) is 0 Å². The molecular weight excluding hydrogens is 334 g/mol. The average Bonchev–Trinajstić information content (AvgIpc) is 3.26. The SMILES string of the molecule is O=C(Nc1nc2ccccc2s1)c1csc(-c2cccs2)n1. The highest BCUT2D eigenvalue weighted by Crippen LogP contribution is 2.29. The average molecular weight is 343 g/mol. The molecule has 4 aromatic rings. The van der Waals surface area contributed by atoms with E-state index in [0.717, 1.165) is 20.1 Å². The van der Waals surface area contributed by atoms with Gasteiger partial charge in [-0.25, -0.2) is 9.97 Å². The predicted octanol–water partition coefficient (Wildman–Crippen LogP) is 4.73. The Morgan fingerprint density at radius 3 is 2.77 bits per heavy atom. The van der Waals surface area contributed by atoms with Crippen molar-refractivity contribution in [3.8, 4) is 9.88 Å². The summed E-state index contributed by atoms with van der Waals surface area (Å²) in [5, 5.41) is 8.05. The fourth-order valence-electron chi connectivity index (χ4n) is 1.98. The highest BCUT2D eigenvalue weighted by atomic mass is 32.1. The van der Waals surface area contributed by atoms with Gasteiger partial charge in [0.25, 0.3) is 5.91 Å². The second-order valence-electron chi connectivity index (χ2n) is 4.46. The van der Waals surface area contributed by atoms with Crippen molar-refractivity contribution in [3.63, 3.8) is 0 Å². The lowest BCUT2D eigenvalue weighted by molar-refractivity contribution is 0.102. The number of amides is 1. The van der Waals surface area contributed by atoms with Crippen molar-refractivity contribution in [2.45, 2.75) is 0 Å². The maximum Gasteiger partial charge on any atom is 0.276 e. The maximum atomic E-state index is 12.3. The van der Waals surface area contributed by atoms with Gasteiger partial charge in [0.05, 0.1) is 15.1 Å². The molecule has 0 spiro atoms. The van der Waals surface area contributed by atoms with Gasteiger partial charge in [-0.1, -0.05) is 29.5 Å². The van der Waals surface area contributed by atoms with E-state index in [1.807, 2.05) is 41.8 Å². The van der Waals surface area contributed by atoms with Crippen LogP contribution in [0.5, 0.6) is 0 Å². The van der Waals surface area contributed by atoms with Crippen molar-refractivity contribution >= 4 is 55.3 Å². The number of fused-ring (bicyclic) bond motifs is 1. The zero-order valence-electron chi connectivity index (χ0n) is 11.1. The van der Waals surface area contributed by atoms with Gasteiger partial charge >= 0.3 is 0 Å². The summed E-state index contributed by atoms with van der Waals surface area (Å²) in [5.41, 5.74) is 1.31. The van der Waals surface area contributed by atoms with Crippen LogP contribution in [0, 0.1) is 0 Å². The summed E-state index contributed by atoms with van der Waals surface area (Å²) >= 11 is 4.55. The molecule has 22 heavy (non-hydrogen) atoms. The quantitative estimate of drug-likeness (QED) is 0.585. The summed E-state index contributed by atoms with van der Waals surface area (Å²) in [6.45, 7) is 0. The Hall–Kier alpha value is -2.09. The van der Waals surface area contributed by atoms with Gasteiger partial charge in [-0.05, 0) is 23.6 Å². The molecule has 0 saturated carbocycles. The second kappa shape index (κ2) is 5.60. The second-order valence-corrected chi connectivity index (χ2v) is 7.29. The molecule has 0 atom stereocenters. The molecule has 1 amide bonds. The van der Waals surface area contributed by atoms with Crippen molar-refractivity contribution in [1.82, 2.24) is 9.97 Å². The van der Waals surface area contributed by atoms with Gasteiger partial charge in [0, 0.05) is 5.38 Å². The molecule has 0 saturated heterocycles. The van der Waals surface area contributed by atoms with Crippen molar-refractivity contribution in [3.05, 3.63) is 52.9 Å². The molecule has 1 N–H and O–H groups in total. The van der Waals surface area contributed by atoms with E-state index in [1.54, 1.807) is 16.7 Å². The first-order valence-corrected chi connectivity index (χ1v) is 9.03. The third-order valence-corrected chi connectivity index (χ3v) is 5.82. The number of hydrogen-bond acceptors (Lipinski definition) is 6. The minimum Gasteiger partial charge on any atom is -0.296 e. The Morgan fingerprint density at radius 1 is 1.05 bits per heavy atom. The number of thiazole rings is 2. The van der Waals surface area contributed by atoms with Crippen LogP contribution < -0.4 is 5.32 Å². The van der Waals surface area contributed by atoms with Crippen LogP contribution in [0.25, 0.3) is 20.1 Å². The van der Waals surface area contributed by atoms with Crippen LogP contribution in [-0.2, 0) is 0 Å². The van der Waals surface area contributed by atoms with Crippen molar-refractivity contribution in [1.29, 1.82) is 0 Å². The van der Waals surface area contributed by atoms with Gasteiger partial charge in [-0.2, -0.15) is 0 Å². The Bertz CT molecular complexity index is 907. The number of carbonyl (C=O) groups is 1. The summed E-state index contributed by atoms with van der Waals surface area (Å²) < 4.78 is 1.05. The van der Waals surface area contributed by atoms with Crippen LogP contribution in [0.1, 0.15) is 10.5 Å². The fraction of sp³-hybridized carbons (Fsp3) is 0. The van der Waals surface area contributed by atoms with Gasteiger partial charge in [0.15, 0.2) is 5.13 Å². The molecule has 0 radical (unpaired) electrons. The molecule has 3 aromatic heterocycles. The van der Waals surface area contributed by atoms with Crippen LogP contribution in [0.4, 0.5) is 5.13 Å². The lowest BCUT2D eigenvalue weighted by atomic mass is 10.3. The molecule has 0 aliphatic carbocycles. The lowest BCUT2D eigenvalue weighted by Gasteiger charge is -1.96. The van der Waals surface area contributed by atoms with E-state index in [9.17, 15) is 4.79 Å². The van der Waals surface area contributed by atoms with E-state index in [1.165, 1.54) is 22.7 Å². The van der Waals surface area contributed by atoms with Crippen LogP contribution in [0.2, 0.25) is 0 Å². The molecule has 0 fully saturated rings. The Kier molecular flexibility index (Phi) is 3.45. The van der Waals surface area contributed by atoms with Crippen LogP contribution >= 0.6 is 34.0 Å². The minimum absolute atomic E-state index is 0.224. The number of para-hydroxylation sites is 1. The normalized spacial score (nSPS) is 10.9. The molecule has 0 aliphatic heterocycles. The number of anilines is 1. The van der Waals surface area contributed by atoms with E-state index in [0.29, 0.717) is 10.8 Å². The zero-order valence-corrected chi connectivity index (χ0v) is 13.6. The molecule has 7 heteroatoms. The zero-order chi connectivity index (χ0) is 14.9. The molecule has 0 aliphatic rings. The monoisotopic (exact) mass is 343 g/mol.